The number of hydrogen-bond donors (Lipinski definition) is 0. The van der Waals surface area contributed by atoms with Crippen molar-refractivity contribution >= 4 is 16.8 Å². The lowest BCUT2D eigenvalue weighted by Crippen LogP contribution is -2.27. The predicted octanol–water partition coefficient (Wildman–Crippen LogP) is 2.97. The third kappa shape index (κ3) is 2.48. The van der Waals surface area contributed by atoms with Crippen LogP contribution in [0.3, 0.4) is 0 Å². The first kappa shape index (κ1) is 9.05. The normalized spacial score (nSPS) is 29.6. The van der Waals surface area contributed by atoms with Crippen LogP contribution in [0.25, 0.3) is 0 Å². The Balaban J connectivity index is 2.05. The van der Waals surface area contributed by atoms with Crippen LogP contribution in [-0.2, 0) is 4.79 Å². The molecule has 1 nitrogen and oxygen atoms in total. The summed E-state index contributed by atoms with van der Waals surface area (Å²) in [7, 11) is 0. The van der Waals surface area contributed by atoms with Gasteiger partial charge in [-0.1, -0.05) is 26.2 Å². The van der Waals surface area contributed by atoms with Gasteiger partial charge in [0.15, 0.2) is 0 Å². The van der Waals surface area contributed by atoms with E-state index in [9.17, 15) is 4.79 Å². The molecule has 0 atom stereocenters. The maximum atomic E-state index is 10.6. The highest BCUT2D eigenvalue weighted by atomic mass is 35.5. The molecule has 1 fully saturated rings. The van der Waals surface area contributed by atoms with Gasteiger partial charge in [-0.15, -0.1) is 0 Å². The first-order valence-corrected chi connectivity index (χ1v) is 4.81. The maximum absolute atomic E-state index is 10.6. The van der Waals surface area contributed by atoms with Crippen molar-refractivity contribution in [3.05, 3.63) is 0 Å². The number of hydrogen-bond acceptors (Lipinski definition) is 1. The molecule has 1 aliphatic carbocycles. The fraction of sp³-hybridized carbons (Fsp3) is 0.889. The molecule has 0 aliphatic heterocycles. The molecular formula is C9H15ClO. The standard InChI is InChI=1S/C9H15ClO/c1-2-3-4-7-5-8(6-7)9(10)11/h7-8H,2-6H2,1H3. The van der Waals surface area contributed by atoms with Crippen LogP contribution >= 0.6 is 11.6 Å². The summed E-state index contributed by atoms with van der Waals surface area (Å²) in [6, 6.07) is 0. The summed E-state index contributed by atoms with van der Waals surface area (Å²) in [5.41, 5.74) is 0. The van der Waals surface area contributed by atoms with E-state index in [0.717, 1.165) is 18.8 Å². The summed E-state index contributed by atoms with van der Waals surface area (Å²) in [6.07, 6.45) is 5.94. The smallest absolute Gasteiger partial charge is 0.224 e. The Kier molecular flexibility index (Phi) is 3.38. The van der Waals surface area contributed by atoms with Gasteiger partial charge in [0, 0.05) is 5.92 Å². The van der Waals surface area contributed by atoms with Crippen LogP contribution in [0.1, 0.15) is 39.0 Å². The highest BCUT2D eigenvalue weighted by Crippen LogP contribution is 2.38. The molecular weight excluding hydrogens is 160 g/mol. The minimum absolute atomic E-state index is 0.127. The van der Waals surface area contributed by atoms with Gasteiger partial charge in [0.05, 0.1) is 0 Å². The van der Waals surface area contributed by atoms with Crippen molar-refractivity contribution in [3.8, 4) is 0 Å². The van der Waals surface area contributed by atoms with E-state index < -0.39 is 0 Å². The van der Waals surface area contributed by atoms with Crippen molar-refractivity contribution in [2.75, 3.05) is 0 Å². The lowest BCUT2D eigenvalue weighted by Gasteiger charge is -2.32. The summed E-state index contributed by atoms with van der Waals surface area (Å²) >= 11 is 5.34. The summed E-state index contributed by atoms with van der Waals surface area (Å²) in [6.45, 7) is 2.20. The molecule has 0 N–H and O–H groups in total. The van der Waals surface area contributed by atoms with E-state index in [1.165, 1.54) is 19.3 Å². The third-order valence-corrected chi connectivity index (χ3v) is 2.83. The zero-order valence-electron chi connectivity index (χ0n) is 6.98. The zero-order chi connectivity index (χ0) is 8.27. The van der Waals surface area contributed by atoms with Crippen LogP contribution in [0, 0.1) is 11.8 Å². The van der Waals surface area contributed by atoms with E-state index in [4.69, 9.17) is 11.6 Å². The molecule has 0 unspecified atom stereocenters. The van der Waals surface area contributed by atoms with Gasteiger partial charge in [0.25, 0.3) is 0 Å². The molecule has 0 aromatic heterocycles. The lowest BCUT2D eigenvalue weighted by molar-refractivity contribution is -0.118. The van der Waals surface area contributed by atoms with Gasteiger partial charge in [-0.2, -0.15) is 0 Å². The SMILES string of the molecule is CCCCC1CC(C(=O)Cl)C1. The third-order valence-electron chi connectivity index (χ3n) is 2.52. The molecule has 11 heavy (non-hydrogen) atoms. The van der Waals surface area contributed by atoms with Crippen molar-refractivity contribution in [3.63, 3.8) is 0 Å². The average Bonchev–Trinajstić information content (AvgIpc) is 1.84. The highest BCUT2D eigenvalue weighted by molar-refractivity contribution is 6.64. The van der Waals surface area contributed by atoms with E-state index in [-0.39, 0.29) is 11.2 Å². The van der Waals surface area contributed by atoms with Crippen LogP contribution < -0.4 is 0 Å². The van der Waals surface area contributed by atoms with Gasteiger partial charge < -0.3 is 0 Å². The van der Waals surface area contributed by atoms with E-state index >= 15 is 0 Å². The van der Waals surface area contributed by atoms with E-state index in [1.807, 2.05) is 0 Å². The number of rotatable bonds is 4. The number of unbranched alkanes of at least 4 members (excludes halogenated alkanes) is 1. The fourth-order valence-electron chi connectivity index (χ4n) is 1.65. The largest absolute Gasteiger partial charge is 0.281 e. The molecule has 0 spiro atoms. The second-order valence-corrected chi connectivity index (χ2v) is 3.85. The molecule has 0 bridgehead atoms. The number of halogens is 1. The summed E-state index contributed by atoms with van der Waals surface area (Å²) in [5.74, 6) is 0.987. The van der Waals surface area contributed by atoms with Crippen molar-refractivity contribution in [1.82, 2.24) is 0 Å². The Morgan fingerprint density at radius 2 is 2.18 bits per heavy atom. The Morgan fingerprint density at radius 3 is 2.64 bits per heavy atom. The van der Waals surface area contributed by atoms with Crippen LogP contribution in [0.15, 0.2) is 0 Å². The monoisotopic (exact) mass is 174 g/mol. The molecule has 0 heterocycles. The molecule has 0 saturated heterocycles. The molecule has 1 aliphatic rings. The van der Waals surface area contributed by atoms with Crippen LogP contribution in [0.5, 0.6) is 0 Å². The van der Waals surface area contributed by atoms with E-state index in [1.54, 1.807) is 0 Å². The van der Waals surface area contributed by atoms with Crippen LogP contribution in [0.2, 0.25) is 0 Å². The second-order valence-electron chi connectivity index (χ2n) is 3.48. The van der Waals surface area contributed by atoms with Crippen molar-refractivity contribution < 1.29 is 4.79 Å². The Labute approximate surface area is 73.1 Å². The average molecular weight is 175 g/mol. The molecule has 2 heteroatoms. The summed E-state index contributed by atoms with van der Waals surface area (Å²) in [4.78, 5) is 10.6. The van der Waals surface area contributed by atoms with Gasteiger partial charge in [0.2, 0.25) is 5.24 Å². The molecule has 0 aromatic rings. The van der Waals surface area contributed by atoms with Crippen molar-refractivity contribution in [2.24, 2.45) is 11.8 Å². The topological polar surface area (TPSA) is 17.1 Å². The van der Waals surface area contributed by atoms with E-state index in [2.05, 4.69) is 6.92 Å². The predicted molar refractivity (Wildman–Crippen MR) is 46.6 cm³/mol. The zero-order valence-corrected chi connectivity index (χ0v) is 7.73. The quantitative estimate of drug-likeness (QED) is 0.599. The van der Waals surface area contributed by atoms with E-state index in [0.29, 0.717) is 0 Å². The lowest BCUT2D eigenvalue weighted by atomic mass is 9.73. The maximum Gasteiger partial charge on any atom is 0.224 e. The Hall–Kier alpha value is -0.0400. The molecule has 0 aromatic carbocycles. The second kappa shape index (κ2) is 4.10. The number of carbonyl (C=O) groups is 1. The first-order valence-electron chi connectivity index (χ1n) is 4.43. The number of carbonyl (C=O) groups excluding carboxylic acids is 1. The van der Waals surface area contributed by atoms with Crippen molar-refractivity contribution in [1.29, 1.82) is 0 Å². The van der Waals surface area contributed by atoms with Gasteiger partial charge in [-0.25, -0.2) is 0 Å². The molecule has 0 radical (unpaired) electrons. The first-order chi connectivity index (χ1) is 5.24. The Bertz CT molecular complexity index is 138. The molecule has 0 amide bonds. The summed E-state index contributed by atoms with van der Waals surface area (Å²) in [5, 5.41) is -0.127. The highest BCUT2D eigenvalue weighted by Gasteiger charge is 2.32. The minimum atomic E-state index is -0.127. The molecule has 1 saturated carbocycles. The fourth-order valence-corrected chi connectivity index (χ4v) is 1.83. The van der Waals surface area contributed by atoms with Crippen LogP contribution in [0.4, 0.5) is 0 Å². The van der Waals surface area contributed by atoms with Gasteiger partial charge >= 0.3 is 0 Å². The molecule has 1 rings (SSSR count). The van der Waals surface area contributed by atoms with Crippen molar-refractivity contribution in [2.45, 2.75) is 39.0 Å². The van der Waals surface area contributed by atoms with Gasteiger partial charge in [0.1, 0.15) is 0 Å². The summed E-state index contributed by atoms with van der Waals surface area (Å²) < 4.78 is 0. The Morgan fingerprint density at radius 1 is 1.55 bits per heavy atom. The molecule has 64 valence electrons. The van der Waals surface area contributed by atoms with Gasteiger partial charge in [-0.05, 0) is 30.4 Å². The van der Waals surface area contributed by atoms with Crippen LogP contribution in [-0.4, -0.2) is 5.24 Å². The minimum Gasteiger partial charge on any atom is -0.281 e. The van der Waals surface area contributed by atoms with Gasteiger partial charge in [-0.3, -0.25) is 4.79 Å².